The summed E-state index contributed by atoms with van der Waals surface area (Å²) in [7, 11) is 0. The topological polar surface area (TPSA) is 47.0 Å². The normalized spacial score (nSPS) is 11.6. The smallest absolute Gasteiger partial charge is 0.0724 e. The lowest BCUT2D eigenvalue weighted by Crippen LogP contribution is -2.09. The summed E-state index contributed by atoms with van der Waals surface area (Å²) in [5, 5.41) is 7.01. The maximum absolute atomic E-state index is 4.65. The van der Waals surface area contributed by atoms with Crippen molar-refractivity contribution in [2.75, 3.05) is 9.80 Å². The first-order valence-electron chi connectivity index (χ1n) is 26.0. The van der Waals surface area contributed by atoms with Crippen LogP contribution in [-0.4, -0.2) is 23.7 Å². The fourth-order valence-corrected chi connectivity index (χ4v) is 11.8. The number of nitrogens with zero attached hydrogens (tertiary/aromatic N) is 7. The summed E-state index contributed by atoms with van der Waals surface area (Å²) in [5.74, 6) is 0. The van der Waals surface area contributed by atoms with Gasteiger partial charge >= 0.3 is 0 Å². The monoisotopic (exact) mass is 985 g/mol. The number of hydrogen-bond acceptors (Lipinski definition) is 4. The molecule has 0 atom stereocenters. The average Bonchev–Trinajstić information content (AvgIpc) is 4.16. The van der Waals surface area contributed by atoms with E-state index in [9.17, 15) is 0 Å². The van der Waals surface area contributed by atoms with Crippen molar-refractivity contribution >= 4 is 99.5 Å². The molecule has 0 aliphatic carbocycles. The van der Waals surface area contributed by atoms with E-state index in [2.05, 4.69) is 294 Å². The van der Waals surface area contributed by atoms with Gasteiger partial charge in [0.2, 0.25) is 0 Å². The number of anilines is 6. The van der Waals surface area contributed by atoms with Crippen LogP contribution >= 0.6 is 0 Å². The molecule has 0 fully saturated rings. The lowest BCUT2D eigenvalue weighted by atomic mass is 10.0. The molecule has 10 aromatic carbocycles. The fraction of sp³-hybridized carbons (Fsp3) is 0. The molecule has 0 bridgehead atoms. The molecule has 362 valence electrons. The van der Waals surface area contributed by atoms with Crippen LogP contribution < -0.4 is 9.80 Å². The molecule has 0 aliphatic rings. The lowest BCUT2D eigenvalue weighted by molar-refractivity contribution is 1.12. The van der Waals surface area contributed by atoms with Crippen LogP contribution in [0, 0.1) is 0 Å². The van der Waals surface area contributed by atoms with Gasteiger partial charge < -0.3 is 23.5 Å². The second kappa shape index (κ2) is 18.2. The molecule has 0 N–H and O–H groups in total. The van der Waals surface area contributed by atoms with E-state index in [-0.39, 0.29) is 0 Å². The van der Waals surface area contributed by atoms with Gasteiger partial charge in [0.25, 0.3) is 0 Å². The molecule has 15 aromatic rings. The molecule has 0 aliphatic heterocycles. The van der Waals surface area contributed by atoms with E-state index in [1.165, 1.54) is 21.5 Å². The Morgan fingerprint density at radius 3 is 1.03 bits per heavy atom. The number of hydrogen-bond donors (Lipinski definition) is 0. The molecule has 0 radical (unpaired) electrons. The van der Waals surface area contributed by atoms with Crippen LogP contribution in [0.5, 0.6) is 0 Å². The maximum atomic E-state index is 4.65. The maximum Gasteiger partial charge on any atom is 0.0724 e. The predicted molar refractivity (Wildman–Crippen MR) is 320 cm³/mol. The van der Waals surface area contributed by atoms with Gasteiger partial charge in [-0.25, -0.2) is 0 Å². The Morgan fingerprint density at radius 1 is 0.234 bits per heavy atom. The zero-order valence-corrected chi connectivity index (χ0v) is 41.8. The molecular weight excluding hydrogens is 939 g/mol. The Hall–Kier alpha value is -10.5. The first-order valence-corrected chi connectivity index (χ1v) is 26.0. The third kappa shape index (κ3) is 7.35. The number of rotatable bonds is 10. The van der Waals surface area contributed by atoms with Crippen molar-refractivity contribution < 1.29 is 0 Å². The minimum absolute atomic E-state index is 1.05. The molecule has 77 heavy (non-hydrogen) atoms. The second-order valence-electron chi connectivity index (χ2n) is 19.5. The van der Waals surface area contributed by atoms with Crippen molar-refractivity contribution in [3.63, 3.8) is 0 Å². The summed E-state index contributed by atoms with van der Waals surface area (Å²) in [6.45, 7) is 0. The van der Waals surface area contributed by atoms with E-state index in [1.54, 1.807) is 0 Å². The highest BCUT2D eigenvalue weighted by molar-refractivity contribution is 6.13. The first kappa shape index (κ1) is 44.0. The van der Waals surface area contributed by atoms with Crippen LogP contribution in [0.1, 0.15) is 0 Å². The first-order chi connectivity index (χ1) is 38.2. The summed E-state index contributed by atoms with van der Waals surface area (Å²) in [6.07, 6.45) is 7.74. The van der Waals surface area contributed by atoms with Crippen LogP contribution in [0.25, 0.3) is 93.6 Å². The summed E-state index contributed by atoms with van der Waals surface area (Å²) >= 11 is 0. The third-order valence-corrected chi connectivity index (χ3v) is 15.1. The summed E-state index contributed by atoms with van der Waals surface area (Å²) in [5.41, 5.74) is 18.5. The highest BCUT2D eigenvalue weighted by Gasteiger charge is 2.22. The van der Waals surface area contributed by atoms with Gasteiger partial charge in [0.15, 0.2) is 0 Å². The summed E-state index contributed by atoms with van der Waals surface area (Å²) < 4.78 is 7.14. The highest BCUT2D eigenvalue weighted by Crippen LogP contribution is 2.44. The van der Waals surface area contributed by atoms with Gasteiger partial charge in [-0.05, 0) is 151 Å². The average molecular weight is 986 g/mol. The van der Waals surface area contributed by atoms with E-state index < -0.39 is 0 Å². The minimum Gasteiger partial charge on any atom is -0.310 e. The van der Waals surface area contributed by atoms with Crippen molar-refractivity contribution in [3.8, 4) is 28.2 Å². The molecule has 7 heteroatoms. The quantitative estimate of drug-likeness (QED) is 0.137. The van der Waals surface area contributed by atoms with Crippen LogP contribution in [0.15, 0.2) is 286 Å². The molecular formula is C70H47N7. The Kier molecular flexibility index (Phi) is 10.4. The Balaban J connectivity index is 0.930. The lowest BCUT2D eigenvalue weighted by Gasteiger charge is -2.26. The molecule has 0 saturated carbocycles. The molecule has 0 unspecified atom stereocenters. The van der Waals surface area contributed by atoms with E-state index in [0.717, 1.165) is 106 Å². The SMILES string of the molecule is c1ccc(N(c2ccccc2)c2ccc3c(c2)c2cc(N(c4ccccc4)c4ccccc4)ccc2n3-c2ccc(-c3cc(-n4c5ccccc5c5ccncc54)cc(-n4c5ccccc5c5ccncc54)c3)cc2)cc1. The minimum atomic E-state index is 1.05. The second-order valence-corrected chi connectivity index (χ2v) is 19.5. The van der Waals surface area contributed by atoms with Crippen molar-refractivity contribution in [2.45, 2.75) is 0 Å². The van der Waals surface area contributed by atoms with Crippen molar-refractivity contribution in [3.05, 3.63) is 286 Å². The van der Waals surface area contributed by atoms with Gasteiger partial charge in [-0.15, -0.1) is 0 Å². The largest absolute Gasteiger partial charge is 0.310 e. The van der Waals surface area contributed by atoms with Gasteiger partial charge in [0.05, 0.1) is 45.5 Å². The van der Waals surface area contributed by atoms with Crippen LogP contribution in [0.3, 0.4) is 0 Å². The van der Waals surface area contributed by atoms with Gasteiger partial charge in [-0.1, -0.05) is 121 Å². The van der Waals surface area contributed by atoms with Gasteiger partial charge in [-0.2, -0.15) is 0 Å². The van der Waals surface area contributed by atoms with Crippen LogP contribution in [0.2, 0.25) is 0 Å². The molecule has 15 rings (SSSR count). The Morgan fingerprint density at radius 2 is 0.597 bits per heavy atom. The zero-order valence-electron chi connectivity index (χ0n) is 41.8. The summed E-state index contributed by atoms with van der Waals surface area (Å²) in [6, 6.07) is 94.0. The third-order valence-electron chi connectivity index (χ3n) is 15.1. The summed E-state index contributed by atoms with van der Waals surface area (Å²) in [4.78, 5) is 14.0. The predicted octanol–water partition coefficient (Wildman–Crippen LogP) is 18.4. The molecule has 0 saturated heterocycles. The number of para-hydroxylation sites is 6. The number of aromatic nitrogens is 5. The van der Waals surface area contributed by atoms with Gasteiger partial charge in [0.1, 0.15) is 0 Å². The van der Waals surface area contributed by atoms with Gasteiger partial charge in [0, 0.05) is 95.9 Å². The molecule has 0 spiro atoms. The van der Waals surface area contributed by atoms with E-state index in [1.807, 2.05) is 24.8 Å². The van der Waals surface area contributed by atoms with Crippen LogP contribution in [0.4, 0.5) is 34.1 Å². The van der Waals surface area contributed by atoms with E-state index in [4.69, 9.17) is 0 Å². The molecule has 0 amide bonds. The fourth-order valence-electron chi connectivity index (χ4n) is 11.8. The molecule has 5 aromatic heterocycles. The Bertz CT molecular complexity index is 4220. The van der Waals surface area contributed by atoms with Gasteiger partial charge in [-0.3, -0.25) is 9.97 Å². The number of fused-ring (bicyclic) bond motifs is 9. The van der Waals surface area contributed by atoms with E-state index in [0.29, 0.717) is 0 Å². The van der Waals surface area contributed by atoms with Crippen molar-refractivity contribution in [1.82, 2.24) is 23.7 Å². The number of benzene rings is 10. The van der Waals surface area contributed by atoms with E-state index >= 15 is 0 Å². The number of pyridine rings is 2. The zero-order chi connectivity index (χ0) is 50.8. The van der Waals surface area contributed by atoms with Crippen LogP contribution in [-0.2, 0) is 0 Å². The van der Waals surface area contributed by atoms with Crippen molar-refractivity contribution in [1.29, 1.82) is 0 Å². The standard InChI is InChI=1S/C70H47N7/c1-5-17-50(18-6-1)73(51-19-7-2-8-20-51)55-33-35-67-63(44-55)64-45-56(74(52-21-9-3-10-22-52)53-23-11-4-12-24-53)34-36-68(64)75(67)54-31-29-48(30-32-54)49-41-57(76-65-27-15-13-25-59(65)61-37-39-71-46-69(61)76)43-58(42-49)77-66-28-16-14-26-60(66)62-38-40-72-47-70(62)77/h1-47H. The molecule has 7 nitrogen and oxygen atoms in total. The Labute approximate surface area is 444 Å². The van der Waals surface area contributed by atoms with Crippen molar-refractivity contribution in [2.24, 2.45) is 0 Å². The highest BCUT2D eigenvalue weighted by atomic mass is 15.2. The molecule has 5 heterocycles.